The van der Waals surface area contributed by atoms with Crippen LogP contribution in [0.5, 0.6) is 5.75 Å². The first-order chi connectivity index (χ1) is 10.2. The van der Waals surface area contributed by atoms with E-state index >= 15 is 0 Å². The maximum atomic E-state index is 6.33. The standard InChI is InChI=1S/C16H18BrClN2O/c1-3-6-21-13-7-11(9-20-10-13)16(19-2)14-8-12(17)4-5-15(14)18/h4-5,7-10,16,19H,3,6H2,1-2H3. The van der Waals surface area contributed by atoms with Crippen molar-refractivity contribution in [2.24, 2.45) is 0 Å². The lowest BCUT2D eigenvalue weighted by molar-refractivity contribution is 0.315. The molecule has 0 aliphatic rings. The molecule has 1 N–H and O–H groups in total. The van der Waals surface area contributed by atoms with E-state index in [4.69, 9.17) is 16.3 Å². The molecule has 2 rings (SSSR count). The largest absolute Gasteiger partial charge is 0.492 e. The molecule has 1 heterocycles. The molecule has 0 amide bonds. The monoisotopic (exact) mass is 368 g/mol. The maximum Gasteiger partial charge on any atom is 0.137 e. The predicted octanol–water partition coefficient (Wildman–Crippen LogP) is 4.60. The minimum absolute atomic E-state index is 0.0346. The third-order valence-electron chi connectivity index (χ3n) is 3.10. The second kappa shape index (κ2) is 7.78. The number of benzene rings is 1. The second-order valence-corrected chi connectivity index (χ2v) is 6.01. The van der Waals surface area contributed by atoms with Gasteiger partial charge in [-0.05, 0) is 48.9 Å². The molecular formula is C16H18BrClN2O. The number of nitrogens with one attached hydrogen (secondary N) is 1. The highest BCUT2D eigenvalue weighted by atomic mass is 79.9. The smallest absolute Gasteiger partial charge is 0.137 e. The van der Waals surface area contributed by atoms with Gasteiger partial charge >= 0.3 is 0 Å². The molecule has 21 heavy (non-hydrogen) atoms. The van der Waals surface area contributed by atoms with Gasteiger partial charge in [-0.2, -0.15) is 0 Å². The van der Waals surface area contributed by atoms with Crippen molar-refractivity contribution < 1.29 is 4.74 Å². The molecule has 0 aliphatic heterocycles. The van der Waals surface area contributed by atoms with Gasteiger partial charge in [0, 0.05) is 15.7 Å². The van der Waals surface area contributed by atoms with E-state index < -0.39 is 0 Å². The summed E-state index contributed by atoms with van der Waals surface area (Å²) >= 11 is 9.82. The fraction of sp³-hybridized carbons (Fsp3) is 0.312. The summed E-state index contributed by atoms with van der Waals surface area (Å²) in [7, 11) is 1.90. The first kappa shape index (κ1) is 16.3. The van der Waals surface area contributed by atoms with Crippen LogP contribution >= 0.6 is 27.5 Å². The minimum atomic E-state index is -0.0346. The molecule has 0 aliphatic carbocycles. The van der Waals surface area contributed by atoms with E-state index in [0.717, 1.165) is 32.8 Å². The van der Waals surface area contributed by atoms with E-state index in [1.807, 2.05) is 37.5 Å². The Bertz CT molecular complexity index is 607. The molecule has 0 saturated heterocycles. The average molecular weight is 370 g/mol. The van der Waals surface area contributed by atoms with Gasteiger partial charge in [0.1, 0.15) is 5.75 Å². The van der Waals surface area contributed by atoms with Crippen molar-refractivity contribution in [2.45, 2.75) is 19.4 Å². The highest BCUT2D eigenvalue weighted by Crippen LogP contribution is 2.31. The zero-order valence-corrected chi connectivity index (χ0v) is 14.4. The van der Waals surface area contributed by atoms with E-state index in [0.29, 0.717) is 6.61 Å². The molecule has 0 bridgehead atoms. The van der Waals surface area contributed by atoms with Crippen LogP contribution in [-0.2, 0) is 0 Å². The van der Waals surface area contributed by atoms with Gasteiger partial charge in [-0.1, -0.05) is 34.5 Å². The summed E-state index contributed by atoms with van der Waals surface area (Å²) in [6, 6.07) is 7.80. The van der Waals surface area contributed by atoms with Crippen molar-refractivity contribution in [2.75, 3.05) is 13.7 Å². The van der Waals surface area contributed by atoms with Gasteiger partial charge in [0.2, 0.25) is 0 Å². The van der Waals surface area contributed by atoms with Crippen molar-refractivity contribution in [1.82, 2.24) is 10.3 Å². The first-order valence-corrected chi connectivity index (χ1v) is 8.02. The summed E-state index contributed by atoms with van der Waals surface area (Å²) < 4.78 is 6.64. The summed E-state index contributed by atoms with van der Waals surface area (Å²) in [5.41, 5.74) is 2.02. The van der Waals surface area contributed by atoms with Crippen LogP contribution < -0.4 is 10.1 Å². The van der Waals surface area contributed by atoms with Crippen LogP contribution in [0.1, 0.15) is 30.5 Å². The van der Waals surface area contributed by atoms with Crippen molar-refractivity contribution in [3.63, 3.8) is 0 Å². The molecule has 112 valence electrons. The Labute approximate surface area is 138 Å². The lowest BCUT2D eigenvalue weighted by atomic mass is 10.0. The van der Waals surface area contributed by atoms with E-state index in [1.165, 1.54) is 0 Å². The number of halogens is 2. The number of aromatic nitrogens is 1. The minimum Gasteiger partial charge on any atom is -0.492 e. The molecular weight excluding hydrogens is 352 g/mol. The van der Waals surface area contributed by atoms with Crippen LogP contribution in [0.2, 0.25) is 5.02 Å². The fourth-order valence-corrected chi connectivity index (χ4v) is 2.74. The average Bonchev–Trinajstić information content (AvgIpc) is 2.50. The van der Waals surface area contributed by atoms with Gasteiger partial charge < -0.3 is 10.1 Å². The van der Waals surface area contributed by atoms with Crippen LogP contribution in [0.4, 0.5) is 0 Å². The molecule has 1 aromatic carbocycles. The molecule has 1 aromatic heterocycles. The summed E-state index contributed by atoms with van der Waals surface area (Å²) in [6.45, 7) is 2.77. The number of nitrogens with zero attached hydrogens (tertiary/aromatic N) is 1. The van der Waals surface area contributed by atoms with Gasteiger partial charge in [-0.3, -0.25) is 4.98 Å². The van der Waals surface area contributed by atoms with Crippen LogP contribution in [0.3, 0.4) is 0 Å². The maximum absolute atomic E-state index is 6.33. The molecule has 1 atom stereocenters. The number of hydrogen-bond acceptors (Lipinski definition) is 3. The van der Waals surface area contributed by atoms with Crippen molar-refractivity contribution in [3.05, 3.63) is 57.3 Å². The molecule has 0 spiro atoms. The molecule has 5 heteroatoms. The Hall–Kier alpha value is -1.10. The summed E-state index contributed by atoms with van der Waals surface area (Å²) in [4.78, 5) is 4.26. The Kier molecular flexibility index (Phi) is 6.03. The molecule has 1 unspecified atom stereocenters. The predicted molar refractivity (Wildman–Crippen MR) is 90.1 cm³/mol. The van der Waals surface area contributed by atoms with Crippen molar-refractivity contribution in [1.29, 1.82) is 0 Å². The number of ether oxygens (including phenoxy) is 1. The number of hydrogen-bond donors (Lipinski definition) is 1. The normalized spacial score (nSPS) is 12.2. The fourth-order valence-electron chi connectivity index (χ4n) is 2.13. The Balaban J connectivity index is 2.34. The van der Waals surface area contributed by atoms with Crippen LogP contribution in [0.15, 0.2) is 41.1 Å². The van der Waals surface area contributed by atoms with Crippen molar-refractivity contribution in [3.8, 4) is 5.75 Å². The topological polar surface area (TPSA) is 34.1 Å². The van der Waals surface area contributed by atoms with E-state index in [9.17, 15) is 0 Å². The van der Waals surface area contributed by atoms with Gasteiger partial charge in [0.25, 0.3) is 0 Å². The summed E-state index contributed by atoms with van der Waals surface area (Å²) in [5, 5.41) is 4.01. The van der Waals surface area contributed by atoms with Crippen LogP contribution in [0, 0.1) is 0 Å². The highest BCUT2D eigenvalue weighted by molar-refractivity contribution is 9.10. The van der Waals surface area contributed by atoms with Gasteiger partial charge in [0.15, 0.2) is 0 Å². The van der Waals surface area contributed by atoms with Gasteiger partial charge in [0.05, 0.1) is 18.8 Å². The molecule has 0 radical (unpaired) electrons. The lowest BCUT2D eigenvalue weighted by Gasteiger charge is -2.19. The highest BCUT2D eigenvalue weighted by Gasteiger charge is 2.16. The summed E-state index contributed by atoms with van der Waals surface area (Å²) in [5.74, 6) is 0.778. The van der Waals surface area contributed by atoms with Crippen LogP contribution in [0.25, 0.3) is 0 Å². The quantitative estimate of drug-likeness (QED) is 0.808. The zero-order chi connectivity index (χ0) is 15.2. The summed E-state index contributed by atoms with van der Waals surface area (Å²) in [6.07, 6.45) is 4.53. The lowest BCUT2D eigenvalue weighted by Crippen LogP contribution is -2.18. The van der Waals surface area contributed by atoms with Crippen LogP contribution in [-0.4, -0.2) is 18.6 Å². The Morgan fingerprint density at radius 2 is 2.14 bits per heavy atom. The molecule has 0 saturated carbocycles. The molecule has 2 aromatic rings. The van der Waals surface area contributed by atoms with E-state index in [-0.39, 0.29) is 6.04 Å². The Morgan fingerprint density at radius 1 is 1.33 bits per heavy atom. The van der Waals surface area contributed by atoms with E-state index in [2.05, 4.69) is 33.2 Å². The third kappa shape index (κ3) is 4.19. The van der Waals surface area contributed by atoms with Crippen molar-refractivity contribution >= 4 is 27.5 Å². The first-order valence-electron chi connectivity index (χ1n) is 6.85. The van der Waals surface area contributed by atoms with Gasteiger partial charge in [-0.15, -0.1) is 0 Å². The van der Waals surface area contributed by atoms with E-state index in [1.54, 1.807) is 6.20 Å². The SMILES string of the molecule is CCCOc1cncc(C(NC)c2cc(Br)ccc2Cl)c1. The molecule has 0 fully saturated rings. The molecule has 3 nitrogen and oxygen atoms in total. The van der Waals surface area contributed by atoms with Gasteiger partial charge in [-0.25, -0.2) is 0 Å². The Morgan fingerprint density at radius 3 is 2.86 bits per heavy atom. The third-order valence-corrected chi connectivity index (χ3v) is 3.94. The number of pyridine rings is 1. The number of rotatable bonds is 6. The zero-order valence-electron chi connectivity index (χ0n) is 12.1. The second-order valence-electron chi connectivity index (χ2n) is 4.69.